The van der Waals surface area contributed by atoms with Crippen LogP contribution in [0.2, 0.25) is 5.02 Å². The van der Waals surface area contributed by atoms with Crippen LogP contribution >= 0.6 is 30.5 Å². The molecular weight excluding hydrogens is 587 g/mol. The van der Waals surface area contributed by atoms with E-state index in [0.717, 1.165) is 11.5 Å². The van der Waals surface area contributed by atoms with Gasteiger partial charge in [0.15, 0.2) is 5.82 Å². The van der Waals surface area contributed by atoms with Crippen LogP contribution in [-0.4, -0.2) is 81.9 Å². The third-order valence-electron chi connectivity index (χ3n) is 6.32. The average Bonchev–Trinajstić information content (AvgIpc) is 2.94. The van der Waals surface area contributed by atoms with Gasteiger partial charge in [-0.25, -0.2) is 9.88 Å². The van der Waals surface area contributed by atoms with Gasteiger partial charge in [0.05, 0.1) is 30.3 Å². The summed E-state index contributed by atoms with van der Waals surface area (Å²) in [4.78, 5) is 23.0. The van der Waals surface area contributed by atoms with Crippen molar-refractivity contribution in [2.24, 2.45) is 0 Å². The van der Waals surface area contributed by atoms with E-state index in [1.54, 1.807) is 55.4 Å². The zero-order valence-electron chi connectivity index (χ0n) is 22.8. The zero-order valence-corrected chi connectivity index (χ0v) is 25.3. The first-order valence-electron chi connectivity index (χ1n) is 12.6. The van der Waals surface area contributed by atoms with Crippen LogP contribution in [0.25, 0.3) is 0 Å². The molecule has 14 heteroatoms. The van der Waals surface area contributed by atoms with E-state index in [4.69, 9.17) is 16.3 Å². The third-order valence-corrected chi connectivity index (χ3v) is 9.09. The summed E-state index contributed by atoms with van der Waals surface area (Å²) in [6.07, 6.45) is 1.42. The number of hydrogen-bond acceptors (Lipinski definition) is 11. The topological polar surface area (TPSA) is 149 Å². The molecule has 0 bridgehead atoms. The molecule has 0 spiro atoms. The van der Waals surface area contributed by atoms with E-state index >= 15 is 0 Å². The Balaban J connectivity index is 1.54. The second-order valence-corrected chi connectivity index (χ2v) is 14.4. The van der Waals surface area contributed by atoms with Crippen LogP contribution in [0, 0.1) is 0 Å². The molecule has 5 N–H and O–H groups in total. The van der Waals surface area contributed by atoms with Crippen LogP contribution in [0.15, 0.2) is 60.8 Å². The summed E-state index contributed by atoms with van der Waals surface area (Å²) in [5, 5.41) is 31.0. The van der Waals surface area contributed by atoms with Crippen molar-refractivity contribution in [1.29, 1.82) is 0 Å². The number of halogens is 1. The van der Waals surface area contributed by atoms with Gasteiger partial charge in [-0.3, -0.25) is 4.79 Å². The first-order chi connectivity index (χ1) is 19.4. The number of aliphatic hydroxyl groups is 2. The molecule has 4 rings (SSSR count). The molecule has 1 saturated heterocycles. The van der Waals surface area contributed by atoms with E-state index < -0.39 is 24.5 Å². The van der Waals surface area contributed by atoms with Crippen LogP contribution in [0.1, 0.15) is 0 Å². The second-order valence-electron chi connectivity index (χ2n) is 9.59. The van der Waals surface area contributed by atoms with Crippen LogP contribution in [0.3, 0.4) is 0 Å². The molecular formula is C27H32ClN6O5PS. The summed E-state index contributed by atoms with van der Waals surface area (Å²) >= 11 is 8.07. The highest BCUT2D eigenvalue weighted by molar-refractivity contribution is 7.99. The van der Waals surface area contributed by atoms with Gasteiger partial charge in [0.1, 0.15) is 17.9 Å². The van der Waals surface area contributed by atoms with Gasteiger partial charge in [-0.1, -0.05) is 30.3 Å². The molecule has 218 valence electrons. The summed E-state index contributed by atoms with van der Waals surface area (Å²) in [5.41, 5.74) is 0.980. The van der Waals surface area contributed by atoms with Crippen molar-refractivity contribution >= 4 is 70.5 Å². The maximum atomic E-state index is 12.9. The lowest BCUT2D eigenvalue weighted by atomic mass is 10.1. The molecule has 0 unspecified atom stereocenters. The van der Waals surface area contributed by atoms with Gasteiger partial charge < -0.3 is 35.5 Å². The molecule has 1 amide bonds. The number of ether oxygens (including phenoxy) is 1. The number of anilines is 5. The Morgan fingerprint density at radius 3 is 2.54 bits per heavy atom. The van der Waals surface area contributed by atoms with Gasteiger partial charge in [0.2, 0.25) is 5.95 Å². The molecule has 0 atom stereocenters. The van der Waals surface area contributed by atoms with Gasteiger partial charge in [-0.2, -0.15) is 16.7 Å². The average molecular weight is 619 g/mol. The third kappa shape index (κ3) is 7.40. The predicted octanol–water partition coefficient (Wildman–Crippen LogP) is 4.06. The first kappa shape index (κ1) is 30.8. The van der Waals surface area contributed by atoms with E-state index in [0.29, 0.717) is 47.0 Å². The highest BCUT2D eigenvalue weighted by atomic mass is 35.5. The molecule has 1 aromatic heterocycles. The number of nitrogens with one attached hydrogen (secondary N) is 3. The molecule has 1 fully saturated rings. The van der Waals surface area contributed by atoms with E-state index in [1.807, 2.05) is 12.1 Å². The summed E-state index contributed by atoms with van der Waals surface area (Å²) in [6.45, 7) is 7.84. The number of amides is 1. The molecule has 1 aliphatic heterocycles. The number of aromatic nitrogens is 2. The fourth-order valence-corrected chi connectivity index (χ4v) is 6.32. The second kappa shape index (κ2) is 12.8. The van der Waals surface area contributed by atoms with Crippen LogP contribution in [-0.2, 0) is 9.36 Å². The summed E-state index contributed by atoms with van der Waals surface area (Å²) in [6, 6.07) is 12.0. The van der Waals surface area contributed by atoms with Crippen molar-refractivity contribution in [2.75, 3.05) is 61.0 Å². The Labute approximate surface area is 247 Å². The van der Waals surface area contributed by atoms with Crippen molar-refractivity contribution < 1.29 is 24.3 Å². The number of carbonyl (C=O) groups is 1. The van der Waals surface area contributed by atoms with Crippen molar-refractivity contribution in [1.82, 2.24) is 14.9 Å². The summed E-state index contributed by atoms with van der Waals surface area (Å²) < 4.78 is 18.2. The molecule has 2 aromatic carbocycles. The normalized spacial score (nSPS) is 14.3. The quantitative estimate of drug-likeness (QED) is 0.127. The number of rotatable bonds is 10. The number of thioether (sulfide) groups is 1. The van der Waals surface area contributed by atoms with E-state index in [1.165, 1.54) is 18.2 Å². The highest BCUT2D eigenvalue weighted by Crippen LogP contribution is 2.39. The molecule has 11 nitrogen and oxygen atoms in total. The molecule has 0 aliphatic carbocycles. The molecule has 3 aromatic rings. The lowest BCUT2D eigenvalue weighted by molar-refractivity contribution is -0.231. The Hall–Kier alpha value is -3.12. The minimum absolute atomic E-state index is 0.171. The van der Waals surface area contributed by atoms with Crippen molar-refractivity contribution in [2.45, 2.75) is 5.91 Å². The summed E-state index contributed by atoms with van der Waals surface area (Å²) in [7, 11) is -1.10. The number of carbonyl (C=O) groups excluding carboxylic acids is 1. The zero-order chi connectivity index (χ0) is 29.8. The number of hydrogen-bond donors (Lipinski definition) is 5. The maximum Gasteiger partial charge on any atom is 0.258 e. The minimum Gasteiger partial charge on any atom is -0.495 e. The Morgan fingerprint density at radius 1 is 1.15 bits per heavy atom. The minimum atomic E-state index is -2.59. The molecule has 0 radical (unpaired) electrons. The van der Waals surface area contributed by atoms with E-state index in [9.17, 15) is 19.6 Å². The molecule has 41 heavy (non-hydrogen) atoms. The standard InChI is InChI=1S/C27H32ClN6O5PS/c1-17(27(36,37)34-11-13-41-14-12-34)25(35)30-18-9-10-22(39-2)21(15-18)32-26-29-16-19(28)24(33-26)31-20-7-5-6-8-23(20)40(3,4)38/h5-10,15-16,36-37H,1,11-14H2,2-4H3,(H,30,35)(H2,29,31,32,33). The molecule has 0 saturated carbocycles. The number of nitrogens with zero attached hydrogens (tertiary/aromatic N) is 3. The number of para-hydroxylation sites is 1. The highest BCUT2D eigenvalue weighted by Gasteiger charge is 2.39. The fraction of sp³-hybridized carbons (Fsp3) is 0.296. The Bertz CT molecular complexity index is 1490. The fourth-order valence-electron chi connectivity index (χ4n) is 4.12. The molecule has 1 aliphatic rings. The number of methoxy groups -OCH3 is 1. The monoisotopic (exact) mass is 618 g/mol. The Morgan fingerprint density at radius 2 is 1.85 bits per heavy atom. The van der Waals surface area contributed by atoms with Crippen LogP contribution in [0.5, 0.6) is 5.75 Å². The lowest BCUT2D eigenvalue weighted by Crippen LogP contribution is -2.55. The van der Waals surface area contributed by atoms with Crippen LogP contribution < -0.4 is 26.0 Å². The van der Waals surface area contributed by atoms with Crippen molar-refractivity contribution in [3.05, 3.63) is 65.8 Å². The van der Waals surface area contributed by atoms with E-state index in [2.05, 4.69) is 32.5 Å². The molecule has 2 heterocycles. The van der Waals surface area contributed by atoms with Gasteiger partial charge >= 0.3 is 0 Å². The van der Waals surface area contributed by atoms with Gasteiger partial charge in [-0.15, -0.1) is 0 Å². The first-order valence-corrected chi connectivity index (χ1v) is 16.7. The van der Waals surface area contributed by atoms with Gasteiger partial charge in [0.25, 0.3) is 11.8 Å². The van der Waals surface area contributed by atoms with Crippen LogP contribution in [0.4, 0.5) is 28.8 Å². The summed E-state index contributed by atoms with van der Waals surface area (Å²) in [5.74, 6) is -0.877. The largest absolute Gasteiger partial charge is 0.495 e. The SMILES string of the molecule is C=C(C(=O)Nc1ccc(OC)c(Nc2ncc(Cl)c(Nc3ccccc3P(C)(C)=O)n2)c1)C(O)(O)N1CCSCC1. The van der Waals surface area contributed by atoms with Crippen molar-refractivity contribution in [3.8, 4) is 5.75 Å². The van der Waals surface area contributed by atoms with Gasteiger partial charge in [0, 0.05) is 35.6 Å². The maximum absolute atomic E-state index is 12.9. The predicted molar refractivity (Wildman–Crippen MR) is 166 cm³/mol. The van der Waals surface area contributed by atoms with Gasteiger partial charge in [-0.05, 0) is 43.7 Å². The Kier molecular flexibility index (Phi) is 9.63. The smallest absolute Gasteiger partial charge is 0.258 e. The van der Waals surface area contributed by atoms with Crippen molar-refractivity contribution in [3.63, 3.8) is 0 Å². The lowest BCUT2D eigenvalue weighted by Gasteiger charge is -2.37. The van der Waals surface area contributed by atoms with E-state index in [-0.39, 0.29) is 11.0 Å². The number of benzene rings is 2.